The van der Waals surface area contributed by atoms with E-state index in [-0.39, 0.29) is 5.82 Å². The van der Waals surface area contributed by atoms with Gasteiger partial charge in [-0.1, -0.05) is 6.07 Å². The van der Waals surface area contributed by atoms with Gasteiger partial charge in [-0.2, -0.15) is 12.6 Å². The molecule has 4 nitrogen and oxygen atoms in total. The molecular weight excluding hydrogens is 215 g/mol. The lowest BCUT2D eigenvalue weighted by atomic mass is 10.2. The maximum Gasteiger partial charge on any atom is 0.184 e. The van der Waals surface area contributed by atoms with Crippen molar-refractivity contribution in [3.05, 3.63) is 35.4 Å². The van der Waals surface area contributed by atoms with Gasteiger partial charge in [0.25, 0.3) is 0 Å². The number of benzene rings is 1. The summed E-state index contributed by atoms with van der Waals surface area (Å²) in [6.45, 7) is 1.87. The predicted octanol–water partition coefficient (Wildman–Crippen LogP) is 1.54. The highest BCUT2D eigenvalue weighted by Crippen LogP contribution is 2.13. The second-order valence-electron chi connectivity index (χ2n) is 3.11. The molecule has 0 aliphatic carbocycles. The number of tetrazole rings is 1. The van der Waals surface area contributed by atoms with Crippen LogP contribution in [-0.2, 0) is 5.75 Å². The normalized spacial score (nSPS) is 10.6. The molecule has 0 saturated carbocycles. The van der Waals surface area contributed by atoms with E-state index in [0.717, 1.165) is 5.56 Å². The summed E-state index contributed by atoms with van der Waals surface area (Å²) in [6.07, 6.45) is 0. The average Bonchev–Trinajstić information content (AvgIpc) is 2.70. The van der Waals surface area contributed by atoms with Gasteiger partial charge < -0.3 is 0 Å². The number of hydrogen-bond donors (Lipinski definition) is 1. The van der Waals surface area contributed by atoms with Crippen molar-refractivity contribution in [3.63, 3.8) is 0 Å². The third-order valence-electron chi connectivity index (χ3n) is 1.91. The Bertz CT molecular complexity index is 483. The van der Waals surface area contributed by atoms with Crippen LogP contribution in [0.5, 0.6) is 0 Å². The van der Waals surface area contributed by atoms with Crippen molar-refractivity contribution in [1.29, 1.82) is 0 Å². The minimum atomic E-state index is -0.372. The molecule has 0 N–H and O–H groups in total. The van der Waals surface area contributed by atoms with Gasteiger partial charge in [-0.05, 0) is 29.8 Å². The summed E-state index contributed by atoms with van der Waals surface area (Å²) in [5.41, 5.74) is 1.24. The number of aromatic nitrogens is 4. The van der Waals surface area contributed by atoms with Crippen LogP contribution in [-0.4, -0.2) is 20.2 Å². The maximum absolute atomic E-state index is 13.4. The molecule has 1 aromatic carbocycles. The molecule has 0 atom stereocenters. The van der Waals surface area contributed by atoms with Crippen LogP contribution in [0.1, 0.15) is 11.4 Å². The first-order chi connectivity index (χ1) is 7.20. The van der Waals surface area contributed by atoms with Crippen LogP contribution in [0.4, 0.5) is 4.39 Å². The minimum Gasteiger partial charge on any atom is -0.205 e. The molecule has 0 bridgehead atoms. The fraction of sp³-hybridized carbons (Fsp3) is 0.222. The van der Waals surface area contributed by atoms with Crippen molar-refractivity contribution in [3.8, 4) is 5.69 Å². The molecule has 0 saturated heterocycles. The molecule has 0 aliphatic rings. The molecule has 1 heterocycles. The van der Waals surface area contributed by atoms with E-state index in [1.165, 1.54) is 10.9 Å². The highest BCUT2D eigenvalue weighted by atomic mass is 32.1. The van der Waals surface area contributed by atoms with E-state index < -0.39 is 0 Å². The van der Waals surface area contributed by atoms with E-state index in [4.69, 9.17) is 0 Å². The first-order valence-electron chi connectivity index (χ1n) is 4.37. The quantitative estimate of drug-likeness (QED) is 0.787. The second-order valence-corrected chi connectivity index (χ2v) is 3.42. The van der Waals surface area contributed by atoms with Crippen molar-refractivity contribution < 1.29 is 4.39 Å². The number of hydrogen-bond acceptors (Lipinski definition) is 4. The zero-order valence-corrected chi connectivity index (χ0v) is 8.95. The molecule has 78 valence electrons. The molecule has 15 heavy (non-hydrogen) atoms. The Labute approximate surface area is 91.5 Å². The van der Waals surface area contributed by atoms with E-state index in [1.807, 2.05) is 6.92 Å². The Balaban J connectivity index is 2.48. The fourth-order valence-corrected chi connectivity index (χ4v) is 1.31. The summed E-state index contributed by atoms with van der Waals surface area (Å²) in [4.78, 5) is 1.17. The Hall–Kier alpha value is -1.43. The monoisotopic (exact) mass is 224 g/mol. The largest absolute Gasteiger partial charge is 0.205 e. The van der Waals surface area contributed by atoms with Crippen LogP contribution < -0.4 is 0 Å². The van der Waals surface area contributed by atoms with Crippen LogP contribution in [0, 0.1) is 12.7 Å². The van der Waals surface area contributed by atoms with Gasteiger partial charge in [-0.15, -0.1) is 15.0 Å². The number of rotatable bonds is 2. The van der Waals surface area contributed by atoms with Crippen LogP contribution >= 0.6 is 12.6 Å². The summed E-state index contributed by atoms with van der Waals surface area (Å²) >= 11 is 4.01. The Morgan fingerprint density at radius 1 is 1.47 bits per heavy atom. The van der Waals surface area contributed by atoms with Crippen LogP contribution in [0.15, 0.2) is 18.2 Å². The molecular formula is C9H9FN4S. The SMILES string of the molecule is Cc1ccc(F)c(-n2nnc(CS)n2)c1. The third kappa shape index (κ3) is 1.99. The Morgan fingerprint density at radius 2 is 2.27 bits per heavy atom. The summed E-state index contributed by atoms with van der Waals surface area (Å²) in [6, 6.07) is 4.74. The van der Waals surface area contributed by atoms with Gasteiger partial charge in [0.05, 0.1) is 5.75 Å². The number of aryl methyl sites for hydroxylation is 1. The molecule has 2 rings (SSSR count). The zero-order chi connectivity index (χ0) is 10.8. The molecule has 0 amide bonds. The fourth-order valence-electron chi connectivity index (χ4n) is 1.18. The molecule has 2 aromatic rings. The smallest absolute Gasteiger partial charge is 0.184 e. The van der Waals surface area contributed by atoms with Gasteiger partial charge in [0.2, 0.25) is 0 Å². The van der Waals surface area contributed by atoms with E-state index in [9.17, 15) is 4.39 Å². The Morgan fingerprint density at radius 3 is 2.93 bits per heavy atom. The molecule has 6 heteroatoms. The van der Waals surface area contributed by atoms with Gasteiger partial charge in [-0.3, -0.25) is 0 Å². The van der Waals surface area contributed by atoms with Gasteiger partial charge >= 0.3 is 0 Å². The van der Waals surface area contributed by atoms with Gasteiger partial charge in [0, 0.05) is 0 Å². The Kier molecular flexibility index (Phi) is 2.68. The summed E-state index contributed by atoms with van der Waals surface area (Å²) in [5, 5.41) is 11.4. The van der Waals surface area contributed by atoms with E-state index in [1.54, 1.807) is 12.1 Å². The van der Waals surface area contributed by atoms with Gasteiger partial charge in [-0.25, -0.2) is 4.39 Å². The summed E-state index contributed by atoms with van der Waals surface area (Å²) in [5.74, 6) is 0.482. The lowest BCUT2D eigenvalue weighted by Crippen LogP contribution is -2.02. The standard InChI is InChI=1S/C9H9FN4S/c1-6-2-3-7(10)8(4-6)14-12-9(5-15)11-13-14/h2-4,15H,5H2,1H3. The van der Waals surface area contributed by atoms with Crippen LogP contribution in [0.3, 0.4) is 0 Å². The average molecular weight is 224 g/mol. The topological polar surface area (TPSA) is 43.6 Å². The molecule has 0 radical (unpaired) electrons. The highest BCUT2D eigenvalue weighted by molar-refractivity contribution is 7.79. The molecule has 0 unspecified atom stereocenters. The number of thiol groups is 1. The molecule has 0 fully saturated rings. The van der Waals surface area contributed by atoms with Crippen molar-refractivity contribution in [1.82, 2.24) is 20.2 Å². The van der Waals surface area contributed by atoms with Crippen LogP contribution in [0.2, 0.25) is 0 Å². The zero-order valence-electron chi connectivity index (χ0n) is 8.05. The maximum atomic E-state index is 13.4. The first-order valence-corrected chi connectivity index (χ1v) is 5.00. The van der Waals surface area contributed by atoms with Crippen molar-refractivity contribution >= 4 is 12.6 Å². The predicted molar refractivity (Wildman–Crippen MR) is 56.5 cm³/mol. The van der Waals surface area contributed by atoms with E-state index >= 15 is 0 Å². The van der Waals surface area contributed by atoms with E-state index in [2.05, 4.69) is 28.0 Å². The summed E-state index contributed by atoms with van der Waals surface area (Å²) in [7, 11) is 0. The second kappa shape index (κ2) is 3.98. The van der Waals surface area contributed by atoms with Crippen LogP contribution in [0.25, 0.3) is 5.69 Å². The lowest BCUT2D eigenvalue weighted by molar-refractivity contribution is 0.590. The first kappa shape index (κ1) is 10.1. The van der Waals surface area contributed by atoms with Gasteiger partial charge in [0.15, 0.2) is 11.6 Å². The van der Waals surface area contributed by atoms with Crippen molar-refractivity contribution in [2.24, 2.45) is 0 Å². The molecule has 0 aliphatic heterocycles. The summed E-state index contributed by atoms with van der Waals surface area (Å²) < 4.78 is 13.4. The molecule has 1 aromatic heterocycles. The van der Waals surface area contributed by atoms with Crippen molar-refractivity contribution in [2.75, 3.05) is 0 Å². The third-order valence-corrected chi connectivity index (χ3v) is 2.20. The van der Waals surface area contributed by atoms with E-state index in [0.29, 0.717) is 17.3 Å². The minimum absolute atomic E-state index is 0.301. The lowest BCUT2D eigenvalue weighted by Gasteiger charge is -2.01. The van der Waals surface area contributed by atoms with Gasteiger partial charge in [0.1, 0.15) is 5.69 Å². The highest BCUT2D eigenvalue weighted by Gasteiger charge is 2.08. The van der Waals surface area contributed by atoms with Crippen molar-refractivity contribution in [2.45, 2.75) is 12.7 Å². The number of nitrogens with zero attached hydrogens (tertiary/aromatic N) is 4. The molecule has 0 spiro atoms. The number of halogens is 1.